The summed E-state index contributed by atoms with van der Waals surface area (Å²) in [7, 11) is 0. The highest BCUT2D eigenvalue weighted by Gasteiger charge is 2.27. The number of aliphatic hydroxyl groups excluding tert-OH is 1. The Morgan fingerprint density at radius 1 is 1.28 bits per heavy atom. The fourth-order valence-electron chi connectivity index (χ4n) is 4.35. The third-order valence-electron chi connectivity index (χ3n) is 5.93. The number of aliphatic hydroxyl groups is 1. The zero-order valence-corrected chi connectivity index (χ0v) is 17.0. The molecule has 3 aromatic rings. The lowest BCUT2D eigenvalue weighted by molar-refractivity contribution is 0.0751. The van der Waals surface area contributed by atoms with Gasteiger partial charge in [0.15, 0.2) is 0 Å². The Morgan fingerprint density at radius 2 is 2.10 bits per heavy atom. The quantitative estimate of drug-likeness (QED) is 0.461. The fraction of sp³-hybridized carbons (Fsp3) is 0.375. The largest absolute Gasteiger partial charge is 0.399 e. The molecule has 1 aromatic heterocycles. The molecule has 2 aromatic carbocycles. The van der Waals surface area contributed by atoms with Gasteiger partial charge in [0.25, 0.3) is 0 Å². The van der Waals surface area contributed by atoms with Crippen LogP contribution in [0.2, 0.25) is 0 Å². The Balaban J connectivity index is 1.75. The molecule has 150 valence electrons. The predicted molar refractivity (Wildman–Crippen MR) is 116 cm³/mol. The highest BCUT2D eigenvalue weighted by atomic mass is 16.3. The number of fused-ring (bicyclic) bond motifs is 3. The van der Waals surface area contributed by atoms with Crippen molar-refractivity contribution in [1.29, 1.82) is 5.26 Å². The maximum absolute atomic E-state index is 10.3. The molecule has 1 unspecified atom stereocenters. The fourth-order valence-corrected chi connectivity index (χ4v) is 4.35. The highest BCUT2D eigenvalue weighted by Crippen LogP contribution is 2.34. The Morgan fingerprint density at radius 3 is 2.83 bits per heavy atom. The number of nitrogens with two attached hydrogens (primary N) is 1. The molecule has 4 N–H and O–H groups in total. The van der Waals surface area contributed by atoms with Gasteiger partial charge in [-0.3, -0.25) is 5.32 Å². The van der Waals surface area contributed by atoms with E-state index in [1.807, 2.05) is 44.2 Å². The van der Waals surface area contributed by atoms with Crippen LogP contribution in [-0.4, -0.2) is 21.9 Å². The molecule has 1 aliphatic carbocycles. The van der Waals surface area contributed by atoms with E-state index in [9.17, 15) is 10.4 Å². The summed E-state index contributed by atoms with van der Waals surface area (Å²) < 4.78 is 2.37. The third kappa shape index (κ3) is 3.87. The summed E-state index contributed by atoms with van der Waals surface area (Å²) in [6.45, 7) is 4.79. The molecule has 2 atom stereocenters. The number of hydrogen-bond donors (Lipinski definition) is 3. The van der Waals surface area contributed by atoms with Crippen LogP contribution in [0.1, 0.15) is 42.7 Å². The molecule has 5 nitrogen and oxygen atoms in total. The van der Waals surface area contributed by atoms with Crippen LogP contribution >= 0.6 is 0 Å². The van der Waals surface area contributed by atoms with Crippen molar-refractivity contribution >= 4 is 16.6 Å². The van der Waals surface area contributed by atoms with Crippen molar-refractivity contribution in [3.8, 4) is 6.07 Å². The second-order valence-electron chi connectivity index (χ2n) is 8.40. The first-order chi connectivity index (χ1) is 14.0. The van der Waals surface area contributed by atoms with Crippen LogP contribution in [0.3, 0.4) is 0 Å². The summed E-state index contributed by atoms with van der Waals surface area (Å²) in [6, 6.07) is 16.5. The minimum Gasteiger partial charge on any atom is -0.399 e. The summed E-state index contributed by atoms with van der Waals surface area (Å²) in [5.41, 5.74) is 12.4. The van der Waals surface area contributed by atoms with Gasteiger partial charge in [-0.1, -0.05) is 26.0 Å². The zero-order chi connectivity index (χ0) is 20.5. The van der Waals surface area contributed by atoms with Crippen LogP contribution in [0.5, 0.6) is 0 Å². The lowest BCUT2D eigenvalue weighted by atomic mass is 9.90. The number of anilines is 1. The molecule has 4 rings (SSSR count). The molecule has 0 bridgehead atoms. The van der Waals surface area contributed by atoms with Gasteiger partial charge in [0.05, 0.1) is 11.6 Å². The first kappa shape index (κ1) is 19.5. The van der Waals surface area contributed by atoms with Crippen molar-refractivity contribution in [2.45, 2.75) is 51.9 Å². The van der Waals surface area contributed by atoms with E-state index in [1.54, 1.807) is 0 Å². The number of nitriles is 1. The van der Waals surface area contributed by atoms with Crippen LogP contribution in [0.25, 0.3) is 10.9 Å². The average molecular weight is 389 g/mol. The van der Waals surface area contributed by atoms with Crippen molar-refractivity contribution in [2.75, 3.05) is 5.73 Å². The van der Waals surface area contributed by atoms with Crippen LogP contribution in [0, 0.1) is 17.2 Å². The summed E-state index contributed by atoms with van der Waals surface area (Å²) in [5.74, 6) is 0.173. The van der Waals surface area contributed by atoms with Crippen LogP contribution in [0.15, 0.2) is 42.5 Å². The van der Waals surface area contributed by atoms with E-state index >= 15 is 0 Å². The maximum Gasteiger partial charge on any atom is 0.107 e. The van der Waals surface area contributed by atoms with Gasteiger partial charge in [0.1, 0.15) is 6.23 Å². The number of aromatic nitrogens is 1. The van der Waals surface area contributed by atoms with Gasteiger partial charge in [-0.25, -0.2) is 0 Å². The number of nitrogens with zero attached hydrogens (tertiary/aromatic N) is 2. The molecule has 0 fully saturated rings. The topological polar surface area (TPSA) is 87.0 Å². The van der Waals surface area contributed by atoms with E-state index in [-0.39, 0.29) is 12.0 Å². The zero-order valence-electron chi connectivity index (χ0n) is 17.0. The van der Waals surface area contributed by atoms with Gasteiger partial charge < -0.3 is 15.4 Å². The minimum absolute atomic E-state index is 0.173. The van der Waals surface area contributed by atoms with Gasteiger partial charge in [0, 0.05) is 34.9 Å². The first-order valence-corrected chi connectivity index (χ1v) is 10.3. The van der Waals surface area contributed by atoms with E-state index < -0.39 is 6.23 Å². The number of rotatable bonds is 5. The van der Waals surface area contributed by atoms with Crippen molar-refractivity contribution < 1.29 is 5.11 Å². The monoisotopic (exact) mass is 388 g/mol. The molecule has 0 spiro atoms. The third-order valence-corrected chi connectivity index (χ3v) is 5.93. The Hall–Kier alpha value is -2.81. The first-order valence-electron chi connectivity index (χ1n) is 10.3. The normalized spacial score (nSPS) is 17.3. The summed E-state index contributed by atoms with van der Waals surface area (Å²) >= 11 is 0. The number of benzene rings is 2. The molecule has 1 aliphatic rings. The minimum atomic E-state index is -0.503. The highest BCUT2D eigenvalue weighted by molar-refractivity contribution is 5.87. The van der Waals surface area contributed by atoms with Gasteiger partial charge in [-0.15, -0.1) is 0 Å². The Labute approximate surface area is 171 Å². The Kier molecular flexibility index (Phi) is 5.31. The van der Waals surface area contributed by atoms with Gasteiger partial charge in [0.2, 0.25) is 0 Å². The molecule has 29 heavy (non-hydrogen) atoms. The molecule has 0 aliphatic heterocycles. The summed E-state index contributed by atoms with van der Waals surface area (Å²) in [6.07, 6.45) is 2.28. The van der Waals surface area contributed by atoms with Crippen LogP contribution in [-0.2, 0) is 19.4 Å². The van der Waals surface area contributed by atoms with E-state index in [1.165, 1.54) is 16.8 Å². The average Bonchev–Trinajstić information content (AvgIpc) is 3.00. The van der Waals surface area contributed by atoms with Gasteiger partial charge in [-0.2, -0.15) is 5.26 Å². The molecular weight excluding hydrogens is 360 g/mol. The lowest BCUT2D eigenvalue weighted by Gasteiger charge is -2.29. The van der Waals surface area contributed by atoms with E-state index in [4.69, 9.17) is 5.73 Å². The van der Waals surface area contributed by atoms with Gasteiger partial charge >= 0.3 is 0 Å². The molecule has 5 heteroatoms. The van der Waals surface area contributed by atoms with E-state index in [0.717, 1.165) is 42.4 Å². The van der Waals surface area contributed by atoms with Crippen molar-refractivity contribution in [1.82, 2.24) is 9.88 Å². The van der Waals surface area contributed by atoms with Crippen molar-refractivity contribution in [3.05, 3.63) is 64.8 Å². The molecule has 0 radical (unpaired) electrons. The summed E-state index contributed by atoms with van der Waals surface area (Å²) in [4.78, 5) is 0. The van der Waals surface area contributed by atoms with Gasteiger partial charge in [-0.05, 0) is 66.6 Å². The van der Waals surface area contributed by atoms with Crippen LogP contribution in [0.4, 0.5) is 5.69 Å². The lowest BCUT2D eigenvalue weighted by Crippen LogP contribution is -2.44. The maximum atomic E-state index is 10.3. The van der Waals surface area contributed by atoms with Crippen molar-refractivity contribution in [3.63, 3.8) is 0 Å². The molecule has 0 amide bonds. The number of hydrogen-bond acceptors (Lipinski definition) is 4. The van der Waals surface area contributed by atoms with Crippen molar-refractivity contribution in [2.24, 2.45) is 5.92 Å². The molecule has 0 saturated heterocycles. The standard InChI is InChI=1S/C24H28N4O/c1-15(2)24(29)27-19-7-9-23-21(12-19)20-11-16(13-25)6-8-22(20)28(23)14-17-4-3-5-18(26)10-17/h3-6,8,10-11,15,19,24,27,29H,7,9,12,14,26H2,1-2H3/t19-,24?/m0/s1. The molecular formula is C24H28N4O. The predicted octanol–water partition coefficient (Wildman–Crippen LogP) is 3.56. The summed E-state index contributed by atoms with van der Waals surface area (Å²) in [5, 5.41) is 24.2. The number of nitrogen functional groups attached to an aromatic ring is 1. The second kappa shape index (κ2) is 7.90. The SMILES string of the molecule is CC(C)C(O)N[C@H]1CCc2c(c3cc(C#N)ccc3n2Cc2cccc(N)c2)C1. The van der Waals surface area contributed by atoms with Crippen LogP contribution < -0.4 is 11.1 Å². The number of nitrogens with one attached hydrogen (secondary N) is 1. The Bertz CT molecular complexity index is 1080. The smallest absolute Gasteiger partial charge is 0.107 e. The molecule has 0 saturated carbocycles. The van der Waals surface area contributed by atoms with E-state index in [2.05, 4.69) is 28.1 Å². The molecule has 1 heterocycles. The van der Waals surface area contributed by atoms with E-state index in [0.29, 0.717) is 5.56 Å². The second-order valence-corrected chi connectivity index (χ2v) is 8.40.